The number of anilines is 1. The fourth-order valence-corrected chi connectivity index (χ4v) is 4.23. The van der Waals surface area contributed by atoms with Gasteiger partial charge in [0, 0.05) is 45.3 Å². The lowest BCUT2D eigenvalue weighted by Gasteiger charge is -2.29. The summed E-state index contributed by atoms with van der Waals surface area (Å²) in [5.41, 5.74) is 0.817. The molecule has 2 fully saturated rings. The standard InChI is InChI=1S/C21H25F2N7O2/c1-31-15-4-2-3-14-16(15)25-19(17(22)23)30(14)21-27-18(13-5-11-32-12-6-13)26-20(28-21)29-9-7-24-8-10-29/h2-4,13,17,24H,5-12H2,1H3. The normalized spacial score (nSPS) is 17.9. The monoisotopic (exact) mass is 445 g/mol. The summed E-state index contributed by atoms with van der Waals surface area (Å²) in [5, 5.41) is 3.31. The number of hydrogen-bond donors (Lipinski definition) is 1. The lowest BCUT2D eigenvalue weighted by molar-refractivity contribution is 0.0835. The fourth-order valence-electron chi connectivity index (χ4n) is 4.23. The Morgan fingerprint density at radius 2 is 1.81 bits per heavy atom. The van der Waals surface area contributed by atoms with Gasteiger partial charge in [-0.25, -0.2) is 13.8 Å². The van der Waals surface area contributed by atoms with Gasteiger partial charge in [0.1, 0.15) is 17.1 Å². The number of aromatic nitrogens is 5. The molecule has 0 atom stereocenters. The van der Waals surface area contributed by atoms with Gasteiger partial charge in [0.05, 0.1) is 12.6 Å². The van der Waals surface area contributed by atoms with E-state index in [0.717, 1.165) is 39.0 Å². The van der Waals surface area contributed by atoms with Crippen LogP contribution in [-0.2, 0) is 4.74 Å². The molecule has 1 aromatic carbocycles. The second kappa shape index (κ2) is 8.91. The topological polar surface area (TPSA) is 90.2 Å². The molecule has 0 saturated carbocycles. The smallest absolute Gasteiger partial charge is 0.296 e. The number of hydrogen-bond acceptors (Lipinski definition) is 8. The Hall–Kier alpha value is -2.92. The number of nitrogens with one attached hydrogen (secondary N) is 1. The molecule has 32 heavy (non-hydrogen) atoms. The minimum atomic E-state index is -2.81. The van der Waals surface area contributed by atoms with Crippen molar-refractivity contribution in [3.8, 4) is 11.7 Å². The van der Waals surface area contributed by atoms with Crippen molar-refractivity contribution in [3.05, 3.63) is 29.8 Å². The van der Waals surface area contributed by atoms with Gasteiger partial charge < -0.3 is 19.7 Å². The number of para-hydroxylation sites is 1. The molecule has 2 aliphatic rings. The summed E-state index contributed by atoms with van der Waals surface area (Å²) >= 11 is 0. The summed E-state index contributed by atoms with van der Waals surface area (Å²) in [7, 11) is 1.49. The van der Waals surface area contributed by atoms with Crippen molar-refractivity contribution < 1.29 is 18.3 Å². The molecule has 2 aliphatic heterocycles. The van der Waals surface area contributed by atoms with Crippen LogP contribution in [-0.4, -0.2) is 71.0 Å². The molecule has 0 amide bonds. The number of rotatable bonds is 5. The maximum absolute atomic E-state index is 14.1. The van der Waals surface area contributed by atoms with Gasteiger partial charge in [0.2, 0.25) is 11.9 Å². The zero-order valence-electron chi connectivity index (χ0n) is 17.8. The number of imidazole rings is 1. The number of ether oxygens (including phenoxy) is 2. The highest BCUT2D eigenvalue weighted by atomic mass is 19.3. The van der Waals surface area contributed by atoms with Gasteiger partial charge >= 0.3 is 0 Å². The van der Waals surface area contributed by atoms with E-state index in [1.807, 2.05) is 0 Å². The lowest BCUT2D eigenvalue weighted by atomic mass is 10.00. The van der Waals surface area contributed by atoms with Crippen molar-refractivity contribution in [2.24, 2.45) is 0 Å². The molecule has 5 rings (SSSR count). The quantitative estimate of drug-likeness (QED) is 0.641. The molecule has 0 radical (unpaired) electrons. The Bertz CT molecular complexity index is 1060. The third-order valence-corrected chi connectivity index (χ3v) is 5.90. The summed E-state index contributed by atoms with van der Waals surface area (Å²) in [6.45, 7) is 4.33. The second-order valence-electron chi connectivity index (χ2n) is 7.85. The van der Waals surface area contributed by atoms with Crippen molar-refractivity contribution in [1.29, 1.82) is 0 Å². The van der Waals surface area contributed by atoms with Crippen LogP contribution in [0.3, 0.4) is 0 Å². The maximum atomic E-state index is 14.1. The first-order valence-corrected chi connectivity index (χ1v) is 10.8. The molecule has 0 spiro atoms. The molecule has 9 nitrogen and oxygen atoms in total. The number of methoxy groups -OCH3 is 1. The van der Waals surface area contributed by atoms with Crippen LogP contribution in [0.2, 0.25) is 0 Å². The summed E-state index contributed by atoms with van der Waals surface area (Å²) in [4.78, 5) is 20.3. The highest BCUT2D eigenvalue weighted by Gasteiger charge is 2.27. The van der Waals surface area contributed by atoms with E-state index in [0.29, 0.717) is 41.8 Å². The number of benzene rings is 1. The van der Waals surface area contributed by atoms with Crippen LogP contribution in [0.25, 0.3) is 17.0 Å². The first-order chi connectivity index (χ1) is 15.7. The Labute approximate surface area is 183 Å². The van der Waals surface area contributed by atoms with E-state index in [9.17, 15) is 8.78 Å². The van der Waals surface area contributed by atoms with E-state index < -0.39 is 12.2 Å². The van der Waals surface area contributed by atoms with Gasteiger partial charge in [-0.2, -0.15) is 15.0 Å². The van der Waals surface area contributed by atoms with Crippen molar-refractivity contribution in [1.82, 2.24) is 29.8 Å². The molecule has 0 bridgehead atoms. The number of fused-ring (bicyclic) bond motifs is 1. The van der Waals surface area contributed by atoms with Crippen molar-refractivity contribution in [2.45, 2.75) is 25.2 Å². The summed E-state index contributed by atoms with van der Waals surface area (Å²) in [5.74, 6) is 1.36. The highest BCUT2D eigenvalue weighted by molar-refractivity contribution is 5.84. The molecule has 170 valence electrons. The Morgan fingerprint density at radius 3 is 2.53 bits per heavy atom. The molecule has 0 unspecified atom stereocenters. The summed E-state index contributed by atoms with van der Waals surface area (Å²) in [6, 6.07) is 5.16. The highest BCUT2D eigenvalue weighted by Crippen LogP contribution is 2.33. The van der Waals surface area contributed by atoms with Gasteiger partial charge in [-0.05, 0) is 25.0 Å². The third-order valence-electron chi connectivity index (χ3n) is 5.90. The minimum Gasteiger partial charge on any atom is -0.494 e. The van der Waals surface area contributed by atoms with Gasteiger partial charge in [0.15, 0.2) is 5.82 Å². The van der Waals surface area contributed by atoms with Crippen LogP contribution in [0, 0.1) is 0 Å². The molecular formula is C21H25F2N7O2. The first-order valence-electron chi connectivity index (χ1n) is 10.8. The first kappa shape index (κ1) is 21.0. The van der Waals surface area contributed by atoms with Crippen LogP contribution in [0.1, 0.15) is 36.8 Å². The van der Waals surface area contributed by atoms with Crippen LogP contribution in [0.4, 0.5) is 14.7 Å². The van der Waals surface area contributed by atoms with Crippen LogP contribution in [0.5, 0.6) is 5.75 Å². The Morgan fingerprint density at radius 1 is 1.06 bits per heavy atom. The van der Waals surface area contributed by atoms with Crippen molar-refractivity contribution >= 4 is 17.0 Å². The van der Waals surface area contributed by atoms with Gasteiger partial charge in [-0.3, -0.25) is 4.57 Å². The van der Waals surface area contributed by atoms with Crippen LogP contribution >= 0.6 is 0 Å². The zero-order chi connectivity index (χ0) is 22.1. The van der Waals surface area contributed by atoms with E-state index in [-0.39, 0.29) is 11.9 Å². The molecule has 0 aliphatic carbocycles. The SMILES string of the molecule is COc1cccc2c1nc(C(F)F)n2-c1nc(C2CCOCC2)nc(N2CCNCC2)n1. The molecule has 4 heterocycles. The van der Waals surface area contributed by atoms with E-state index in [1.165, 1.54) is 11.7 Å². The molecule has 2 saturated heterocycles. The van der Waals surface area contributed by atoms with E-state index in [2.05, 4.69) is 25.2 Å². The number of piperazine rings is 1. The number of alkyl halides is 2. The Balaban J connectivity index is 1.70. The second-order valence-corrected chi connectivity index (χ2v) is 7.85. The van der Waals surface area contributed by atoms with Crippen molar-refractivity contribution in [3.63, 3.8) is 0 Å². The molecule has 2 aromatic heterocycles. The molecular weight excluding hydrogens is 420 g/mol. The zero-order valence-corrected chi connectivity index (χ0v) is 17.8. The minimum absolute atomic E-state index is 0.0893. The van der Waals surface area contributed by atoms with E-state index in [1.54, 1.807) is 18.2 Å². The van der Waals surface area contributed by atoms with Gasteiger partial charge in [-0.1, -0.05) is 6.07 Å². The van der Waals surface area contributed by atoms with E-state index >= 15 is 0 Å². The predicted octanol–water partition coefficient (Wildman–Crippen LogP) is 2.46. The van der Waals surface area contributed by atoms with E-state index in [4.69, 9.17) is 14.5 Å². The van der Waals surface area contributed by atoms with Gasteiger partial charge in [-0.15, -0.1) is 0 Å². The fraction of sp³-hybridized carbons (Fsp3) is 0.524. The third kappa shape index (κ3) is 3.86. The lowest BCUT2D eigenvalue weighted by Crippen LogP contribution is -2.44. The van der Waals surface area contributed by atoms with Crippen molar-refractivity contribution in [2.75, 3.05) is 51.4 Å². The predicted molar refractivity (Wildman–Crippen MR) is 114 cm³/mol. The number of halogens is 2. The molecule has 3 aromatic rings. The largest absolute Gasteiger partial charge is 0.494 e. The average Bonchev–Trinajstić information content (AvgIpc) is 3.25. The summed E-state index contributed by atoms with van der Waals surface area (Å²) in [6.07, 6.45) is -1.24. The van der Waals surface area contributed by atoms with Gasteiger partial charge in [0.25, 0.3) is 6.43 Å². The van der Waals surface area contributed by atoms with Crippen LogP contribution in [0.15, 0.2) is 18.2 Å². The average molecular weight is 445 g/mol. The number of nitrogens with zero attached hydrogens (tertiary/aromatic N) is 6. The maximum Gasteiger partial charge on any atom is 0.296 e. The van der Waals surface area contributed by atoms with Crippen LogP contribution < -0.4 is 15.0 Å². The Kier molecular flexibility index (Phi) is 5.83. The molecule has 11 heteroatoms. The molecule has 1 N–H and O–H groups in total. The summed E-state index contributed by atoms with van der Waals surface area (Å²) < 4.78 is 40.3.